The third-order valence-corrected chi connectivity index (χ3v) is 9.77. The standard InChI is InChI=1S/C29H36O9/c1-15-18(31)13-29(35)24(38-25(33)17-9-7-6-8-10-17)22-27(5,12-11-19-28(22,34)14-36-19)23(32)21(37-16(2)30)20(15)26(29,3)4/h6-10,18-19,21-22,24,31,34-35H,11-14H2,1-5H3/t18-,19+,21+,22?,24-,27+,28-,29+/m0/s1. The predicted octanol–water partition coefficient (Wildman–Crippen LogP) is 2.11. The molecule has 0 aromatic heterocycles. The zero-order valence-electron chi connectivity index (χ0n) is 22.4. The van der Waals surface area contributed by atoms with Crippen LogP contribution in [-0.2, 0) is 23.8 Å². The first-order valence-electron chi connectivity index (χ1n) is 13.1. The SMILES string of the molecule is CC(=O)O[C@H]1C(=O)[C@]2(C)CC[C@H]3OC[C@@]3(O)C2[C@H](OC(=O)c2ccccc2)[C@]2(O)C[C@H](O)C(C)=C1C2(C)C. The molecule has 0 spiro atoms. The van der Waals surface area contributed by atoms with Gasteiger partial charge in [-0.15, -0.1) is 0 Å². The van der Waals surface area contributed by atoms with Gasteiger partial charge in [-0.25, -0.2) is 4.79 Å². The fourth-order valence-corrected chi connectivity index (χ4v) is 7.53. The molecule has 1 unspecified atom stereocenters. The van der Waals surface area contributed by atoms with Gasteiger partial charge in [0.2, 0.25) is 0 Å². The smallest absolute Gasteiger partial charge is 0.338 e. The summed E-state index contributed by atoms with van der Waals surface area (Å²) in [4.78, 5) is 40.2. The summed E-state index contributed by atoms with van der Waals surface area (Å²) in [5.74, 6) is -2.97. The summed E-state index contributed by atoms with van der Waals surface area (Å²) in [6, 6.07) is 8.28. The number of carbonyl (C=O) groups is 3. The molecule has 3 aliphatic carbocycles. The Kier molecular flexibility index (Phi) is 6.19. The fraction of sp³-hybridized carbons (Fsp3) is 0.621. The second-order valence-corrected chi connectivity index (χ2v) is 12.1. The average molecular weight is 529 g/mol. The fourth-order valence-electron chi connectivity index (χ4n) is 7.53. The van der Waals surface area contributed by atoms with Gasteiger partial charge in [0.15, 0.2) is 11.9 Å². The van der Waals surface area contributed by atoms with Crippen LogP contribution in [0, 0.1) is 16.7 Å². The quantitative estimate of drug-likeness (QED) is 0.398. The highest BCUT2D eigenvalue weighted by Crippen LogP contribution is 2.63. The Balaban J connectivity index is 1.77. The highest BCUT2D eigenvalue weighted by molar-refractivity contribution is 5.95. The molecular formula is C29H36O9. The van der Waals surface area contributed by atoms with Crippen LogP contribution < -0.4 is 0 Å². The molecule has 9 heteroatoms. The Morgan fingerprint density at radius 1 is 1.08 bits per heavy atom. The van der Waals surface area contributed by atoms with Gasteiger partial charge >= 0.3 is 11.9 Å². The summed E-state index contributed by atoms with van der Waals surface area (Å²) in [7, 11) is 0. The van der Waals surface area contributed by atoms with E-state index >= 15 is 0 Å². The number of benzene rings is 1. The maximum Gasteiger partial charge on any atom is 0.338 e. The highest BCUT2D eigenvalue weighted by atomic mass is 16.6. The van der Waals surface area contributed by atoms with Crippen LogP contribution in [0.25, 0.3) is 0 Å². The van der Waals surface area contributed by atoms with Gasteiger partial charge in [-0.2, -0.15) is 0 Å². The van der Waals surface area contributed by atoms with E-state index in [0.717, 1.165) is 0 Å². The van der Waals surface area contributed by atoms with Crippen molar-refractivity contribution in [1.82, 2.24) is 0 Å². The third kappa shape index (κ3) is 3.55. The number of rotatable bonds is 3. The van der Waals surface area contributed by atoms with Crippen molar-refractivity contribution in [2.24, 2.45) is 16.7 Å². The summed E-state index contributed by atoms with van der Waals surface area (Å²) < 4.78 is 17.5. The van der Waals surface area contributed by atoms with Crippen LogP contribution in [0.4, 0.5) is 0 Å². The van der Waals surface area contributed by atoms with Gasteiger partial charge in [0.25, 0.3) is 0 Å². The maximum atomic E-state index is 14.5. The second kappa shape index (κ2) is 8.71. The minimum atomic E-state index is -1.94. The predicted molar refractivity (Wildman–Crippen MR) is 134 cm³/mol. The van der Waals surface area contributed by atoms with Gasteiger partial charge in [-0.3, -0.25) is 9.59 Å². The third-order valence-electron chi connectivity index (χ3n) is 9.77. The Morgan fingerprint density at radius 3 is 2.32 bits per heavy atom. The van der Waals surface area contributed by atoms with Crippen molar-refractivity contribution < 1.29 is 43.9 Å². The molecule has 2 saturated carbocycles. The Labute approximate surface area is 221 Å². The van der Waals surface area contributed by atoms with E-state index in [-0.39, 0.29) is 25.0 Å². The molecule has 1 saturated heterocycles. The normalized spacial score (nSPS) is 41.6. The molecule has 1 aromatic carbocycles. The van der Waals surface area contributed by atoms with Gasteiger partial charge < -0.3 is 29.5 Å². The molecule has 1 aliphatic heterocycles. The lowest BCUT2D eigenvalue weighted by atomic mass is 9.45. The van der Waals surface area contributed by atoms with Crippen LogP contribution in [-0.4, -0.2) is 75.3 Å². The molecule has 0 radical (unpaired) electrons. The van der Waals surface area contributed by atoms with E-state index in [0.29, 0.717) is 17.6 Å². The second-order valence-electron chi connectivity index (χ2n) is 12.1. The van der Waals surface area contributed by atoms with E-state index in [1.807, 2.05) is 0 Å². The van der Waals surface area contributed by atoms with E-state index in [9.17, 15) is 29.7 Å². The molecule has 1 aromatic rings. The molecule has 2 bridgehead atoms. The van der Waals surface area contributed by atoms with Gasteiger partial charge in [0.05, 0.1) is 24.4 Å². The largest absolute Gasteiger partial charge is 0.455 e. The number of ketones is 1. The van der Waals surface area contributed by atoms with Crippen molar-refractivity contribution in [3.8, 4) is 0 Å². The lowest BCUT2D eigenvalue weighted by Gasteiger charge is -2.66. The minimum Gasteiger partial charge on any atom is -0.455 e. The molecule has 8 atom stereocenters. The molecule has 9 nitrogen and oxygen atoms in total. The van der Waals surface area contributed by atoms with Crippen LogP contribution >= 0.6 is 0 Å². The van der Waals surface area contributed by atoms with Crippen molar-refractivity contribution >= 4 is 17.7 Å². The minimum absolute atomic E-state index is 0.108. The topological polar surface area (TPSA) is 140 Å². The van der Waals surface area contributed by atoms with Crippen LogP contribution in [0.3, 0.4) is 0 Å². The summed E-state index contributed by atoms with van der Waals surface area (Å²) >= 11 is 0. The molecule has 206 valence electrons. The molecule has 0 amide bonds. The zero-order valence-corrected chi connectivity index (χ0v) is 22.4. The van der Waals surface area contributed by atoms with Gasteiger partial charge in [-0.1, -0.05) is 39.0 Å². The van der Waals surface area contributed by atoms with Gasteiger partial charge in [0.1, 0.15) is 17.3 Å². The number of hydrogen-bond donors (Lipinski definition) is 3. The summed E-state index contributed by atoms with van der Waals surface area (Å²) in [6.07, 6.45) is -4.19. The Hall–Kier alpha value is -2.59. The van der Waals surface area contributed by atoms with Gasteiger partial charge in [0, 0.05) is 30.1 Å². The first-order valence-corrected chi connectivity index (χ1v) is 13.1. The molecular weight excluding hydrogens is 492 g/mol. The van der Waals surface area contributed by atoms with Crippen LogP contribution in [0.15, 0.2) is 41.5 Å². The van der Waals surface area contributed by atoms with E-state index in [1.165, 1.54) is 6.92 Å². The van der Waals surface area contributed by atoms with E-state index in [4.69, 9.17) is 14.2 Å². The Bertz CT molecular complexity index is 1210. The van der Waals surface area contributed by atoms with Crippen molar-refractivity contribution in [2.75, 3.05) is 6.61 Å². The summed E-state index contributed by atoms with van der Waals surface area (Å²) in [6.45, 7) is 7.81. The number of carbonyl (C=O) groups excluding carboxylic acids is 3. The monoisotopic (exact) mass is 528 g/mol. The number of ether oxygens (including phenoxy) is 3. The number of aliphatic hydroxyl groups excluding tert-OH is 1. The first-order chi connectivity index (χ1) is 17.7. The molecule has 38 heavy (non-hydrogen) atoms. The molecule has 5 rings (SSSR count). The van der Waals surface area contributed by atoms with Crippen molar-refractivity contribution in [1.29, 1.82) is 0 Å². The van der Waals surface area contributed by atoms with E-state index in [1.54, 1.807) is 58.0 Å². The zero-order chi connectivity index (χ0) is 27.8. The maximum absolute atomic E-state index is 14.5. The van der Waals surface area contributed by atoms with Crippen LogP contribution in [0.2, 0.25) is 0 Å². The molecule has 1 heterocycles. The lowest BCUT2D eigenvalue weighted by Crippen LogP contribution is -2.78. The van der Waals surface area contributed by atoms with Crippen LogP contribution in [0.5, 0.6) is 0 Å². The molecule has 3 N–H and O–H groups in total. The summed E-state index contributed by atoms with van der Waals surface area (Å²) in [5.41, 5.74) is -5.22. The average Bonchev–Trinajstić information content (AvgIpc) is 2.84. The Morgan fingerprint density at radius 2 is 1.74 bits per heavy atom. The number of aliphatic hydroxyl groups is 3. The first kappa shape index (κ1) is 27.0. The van der Waals surface area contributed by atoms with E-state index in [2.05, 4.69) is 0 Å². The summed E-state index contributed by atoms with van der Waals surface area (Å²) in [5, 5.41) is 35.8. The molecule has 3 fully saturated rings. The van der Waals surface area contributed by atoms with Crippen molar-refractivity contribution in [3.05, 3.63) is 47.0 Å². The number of fused-ring (bicyclic) bond motifs is 5. The van der Waals surface area contributed by atoms with E-state index < -0.39 is 70.1 Å². The lowest BCUT2D eigenvalue weighted by molar-refractivity contribution is -0.329. The van der Waals surface area contributed by atoms with Crippen molar-refractivity contribution in [3.63, 3.8) is 0 Å². The highest BCUT2D eigenvalue weighted by Gasteiger charge is 2.74. The number of Topliss-reactive ketones (excluding diaryl/α,β-unsaturated/α-hetero) is 1. The molecule has 4 aliphatic rings. The number of hydrogen-bond acceptors (Lipinski definition) is 9. The van der Waals surface area contributed by atoms with Crippen LogP contribution in [0.1, 0.15) is 64.2 Å². The number of esters is 2. The van der Waals surface area contributed by atoms with Gasteiger partial charge in [-0.05, 0) is 43.0 Å². The van der Waals surface area contributed by atoms with Crippen molar-refractivity contribution in [2.45, 2.75) is 89.5 Å².